The van der Waals surface area contributed by atoms with Crippen molar-refractivity contribution < 1.29 is 27.8 Å². The summed E-state index contributed by atoms with van der Waals surface area (Å²) >= 11 is 0. The molecule has 33 heavy (non-hydrogen) atoms. The van der Waals surface area contributed by atoms with E-state index in [1.165, 1.54) is 17.0 Å². The van der Waals surface area contributed by atoms with Gasteiger partial charge in [-0.05, 0) is 60.7 Å². The van der Waals surface area contributed by atoms with Gasteiger partial charge in [0.15, 0.2) is 6.61 Å². The highest BCUT2D eigenvalue weighted by atomic mass is 19.3. The molecule has 3 aromatic rings. The van der Waals surface area contributed by atoms with E-state index in [-0.39, 0.29) is 24.2 Å². The van der Waals surface area contributed by atoms with Gasteiger partial charge in [0.25, 0.3) is 11.8 Å². The number of carbonyl (C=O) groups excluding carboxylic acids is 2. The Morgan fingerprint density at radius 1 is 0.879 bits per heavy atom. The van der Waals surface area contributed by atoms with Gasteiger partial charge in [0.1, 0.15) is 11.5 Å². The molecule has 0 fully saturated rings. The third-order valence-electron chi connectivity index (χ3n) is 4.50. The van der Waals surface area contributed by atoms with Gasteiger partial charge >= 0.3 is 6.61 Å². The van der Waals surface area contributed by atoms with Gasteiger partial charge in [-0.2, -0.15) is 8.78 Å². The van der Waals surface area contributed by atoms with E-state index >= 15 is 0 Å². The van der Waals surface area contributed by atoms with Gasteiger partial charge in [-0.3, -0.25) is 9.59 Å². The largest absolute Gasteiger partial charge is 0.484 e. The van der Waals surface area contributed by atoms with Gasteiger partial charge in [0.2, 0.25) is 0 Å². The fourth-order valence-electron chi connectivity index (χ4n) is 2.77. The van der Waals surface area contributed by atoms with Crippen LogP contribution in [0.15, 0.2) is 72.8 Å². The van der Waals surface area contributed by atoms with Crippen LogP contribution in [0.5, 0.6) is 11.5 Å². The molecule has 0 saturated carbocycles. The average molecular weight is 455 g/mol. The number of hydrogen-bond acceptors (Lipinski definition) is 5. The van der Waals surface area contributed by atoms with E-state index < -0.39 is 6.61 Å². The first kappa shape index (κ1) is 23.5. The monoisotopic (exact) mass is 455 g/mol. The van der Waals surface area contributed by atoms with Crippen molar-refractivity contribution in [3.63, 3.8) is 0 Å². The number of halogens is 2. The van der Waals surface area contributed by atoms with E-state index in [9.17, 15) is 18.4 Å². The van der Waals surface area contributed by atoms with Crippen molar-refractivity contribution in [3.05, 3.63) is 78.4 Å². The summed E-state index contributed by atoms with van der Waals surface area (Å²) in [6.07, 6.45) is 0. The maximum atomic E-state index is 12.8. The second-order valence-corrected chi connectivity index (χ2v) is 7.13. The number of hydrogen-bond donors (Lipinski definition) is 2. The third-order valence-corrected chi connectivity index (χ3v) is 4.50. The quantitative estimate of drug-likeness (QED) is 0.487. The average Bonchev–Trinajstić information content (AvgIpc) is 2.79. The molecule has 2 amide bonds. The van der Waals surface area contributed by atoms with Crippen LogP contribution in [0, 0.1) is 0 Å². The van der Waals surface area contributed by atoms with Crippen molar-refractivity contribution in [3.8, 4) is 11.5 Å². The van der Waals surface area contributed by atoms with E-state index in [4.69, 9.17) is 4.74 Å². The van der Waals surface area contributed by atoms with E-state index in [0.717, 1.165) is 0 Å². The molecule has 2 N–H and O–H groups in total. The van der Waals surface area contributed by atoms with Gasteiger partial charge in [-0.1, -0.05) is 12.1 Å². The molecule has 0 atom stereocenters. The van der Waals surface area contributed by atoms with Crippen LogP contribution in [0.4, 0.5) is 25.8 Å². The Balaban J connectivity index is 1.64. The van der Waals surface area contributed by atoms with Crippen LogP contribution in [0.2, 0.25) is 0 Å². The van der Waals surface area contributed by atoms with Crippen LogP contribution in [0.25, 0.3) is 0 Å². The Bertz CT molecular complexity index is 1090. The summed E-state index contributed by atoms with van der Waals surface area (Å²) in [7, 11) is 3.29. The van der Waals surface area contributed by atoms with Gasteiger partial charge < -0.3 is 25.0 Å². The first-order valence-electron chi connectivity index (χ1n) is 9.97. The van der Waals surface area contributed by atoms with Gasteiger partial charge in [-0.15, -0.1) is 0 Å². The fourth-order valence-corrected chi connectivity index (χ4v) is 2.77. The summed E-state index contributed by atoms with van der Waals surface area (Å²) < 4.78 is 34.4. The second-order valence-electron chi connectivity index (χ2n) is 7.13. The number of nitrogens with one attached hydrogen (secondary N) is 2. The zero-order valence-corrected chi connectivity index (χ0v) is 18.0. The number of para-hydroxylation sites is 1. The SMILES string of the molecule is CN(C)C(=O)COc1ccc(NC(=O)c2ccccc2Nc2ccc(OC(F)F)cc2)cc1. The van der Waals surface area contributed by atoms with Crippen LogP contribution in [0.1, 0.15) is 10.4 Å². The van der Waals surface area contributed by atoms with E-state index in [2.05, 4.69) is 15.4 Å². The number of anilines is 3. The molecule has 0 aliphatic rings. The number of carbonyl (C=O) groups is 2. The Morgan fingerprint density at radius 2 is 1.48 bits per heavy atom. The number of rotatable bonds is 9. The van der Waals surface area contributed by atoms with Crippen molar-refractivity contribution in [2.24, 2.45) is 0 Å². The van der Waals surface area contributed by atoms with Crippen LogP contribution in [0.3, 0.4) is 0 Å². The molecule has 3 rings (SSSR count). The highest BCUT2D eigenvalue weighted by Gasteiger charge is 2.12. The predicted molar refractivity (Wildman–Crippen MR) is 121 cm³/mol. The summed E-state index contributed by atoms with van der Waals surface area (Å²) in [5.41, 5.74) is 2.09. The molecular weight excluding hydrogens is 432 g/mol. The second kappa shape index (κ2) is 10.9. The minimum absolute atomic E-state index is 0.0417. The van der Waals surface area contributed by atoms with Crippen molar-refractivity contribution in [1.82, 2.24) is 4.90 Å². The topological polar surface area (TPSA) is 79.9 Å². The highest BCUT2D eigenvalue weighted by Crippen LogP contribution is 2.25. The Labute approximate surface area is 189 Å². The Kier molecular flexibility index (Phi) is 7.80. The molecule has 0 bridgehead atoms. The number of benzene rings is 3. The van der Waals surface area contributed by atoms with E-state index in [1.807, 2.05) is 0 Å². The smallest absolute Gasteiger partial charge is 0.387 e. The lowest BCUT2D eigenvalue weighted by molar-refractivity contribution is -0.130. The first-order chi connectivity index (χ1) is 15.8. The summed E-state index contributed by atoms with van der Waals surface area (Å²) in [5.74, 6) is 0.0458. The molecule has 9 heteroatoms. The lowest BCUT2D eigenvalue weighted by Gasteiger charge is -2.14. The normalized spacial score (nSPS) is 10.5. The Morgan fingerprint density at radius 3 is 2.12 bits per heavy atom. The molecule has 0 aromatic heterocycles. The molecule has 0 aliphatic heterocycles. The van der Waals surface area contributed by atoms with E-state index in [0.29, 0.717) is 28.4 Å². The summed E-state index contributed by atoms with van der Waals surface area (Å²) in [6, 6.07) is 19.5. The highest BCUT2D eigenvalue weighted by molar-refractivity contribution is 6.08. The number of nitrogens with zero attached hydrogens (tertiary/aromatic N) is 1. The first-order valence-corrected chi connectivity index (χ1v) is 9.97. The maximum Gasteiger partial charge on any atom is 0.387 e. The molecule has 3 aromatic carbocycles. The van der Waals surface area contributed by atoms with Gasteiger partial charge in [0, 0.05) is 25.5 Å². The minimum atomic E-state index is -2.89. The van der Waals surface area contributed by atoms with Crippen LogP contribution >= 0.6 is 0 Å². The number of amides is 2. The van der Waals surface area contributed by atoms with Crippen LogP contribution in [-0.4, -0.2) is 44.0 Å². The maximum absolute atomic E-state index is 12.8. The van der Waals surface area contributed by atoms with E-state index in [1.54, 1.807) is 74.8 Å². The van der Waals surface area contributed by atoms with Crippen LogP contribution in [-0.2, 0) is 4.79 Å². The minimum Gasteiger partial charge on any atom is -0.484 e. The summed E-state index contributed by atoms with van der Waals surface area (Å²) in [5, 5.41) is 5.92. The molecule has 172 valence electrons. The van der Waals surface area contributed by atoms with Crippen molar-refractivity contribution in [1.29, 1.82) is 0 Å². The van der Waals surface area contributed by atoms with Crippen molar-refractivity contribution >= 4 is 28.9 Å². The molecular formula is C24H23F2N3O4. The van der Waals surface area contributed by atoms with Crippen molar-refractivity contribution in [2.75, 3.05) is 31.3 Å². The third kappa shape index (κ3) is 6.93. The number of likely N-dealkylation sites (N-methyl/N-ethyl adjacent to an activating group) is 1. The molecule has 7 nitrogen and oxygen atoms in total. The summed E-state index contributed by atoms with van der Waals surface area (Å²) in [4.78, 5) is 25.9. The van der Waals surface area contributed by atoms with Gasteiger partial charge in [-0.25, -0.2) is 0 Å². The number of ether oxygens (including phenoxy) is 2. The number of alkyl halides is 2. The fraction of sp³-hybridized carbons (Fsp3) is 0.167. The molecule has 0 radical (unpaired) electrons. The molecule has 0 heterocycles. The predicted octanol–water partition coefficient (Wildman–Crippen LogP) is 4.75. The van der Waals surface area contributed by atoms with Crippen LogP contribution < -0.4 is 20.1 Å². The molecule has 0 spiro atoms. The zero-order valence-electron chi connectivity index (χ0n) is 18.0. The Hall–Kier alpha value is -4.14. The van der Waals surface area contributed by atoms with Crippen molar-refractivity contribution in [2.45, 2.75) is 6.61 Å². The summed E-state index contributed by atoms with van der Waals surface area (Å²) in [6.45, 7) is -2.97. The lowest BCUT2D eigenvalue weighted by atomic mass is 10.1. The lowest BCUT2D eigenvalue weighted by Crippen LogP contribution is -2.27. The standard InChI is InChI=1S/C24H23F2N3O4/c1-29(2)22(30)15-32-18-11-7-17(8-12-18)28-23(31)20-5-3-4-6-21(20)27-16-9-13-19(14-10-16)33-24(25)26/h3-14,24,27H,15H2,1-2H3,(H,28,31). The van der Waals surface area contributed by atoms with Gasteiger partial charge in [0.05, 0.1) is 11.3 Å². The zero-order chi connectivity index (χ0) is 23.8. The molecule has 0 saturated heterocycles. The molecule has 0 aliphatic carbocycles. The molecule has 0 unspecified atom stereocenters.